The van der Waals surface area contributed by atoms with E-state index in [9.17, 15) is 0 Å². The Kier molecular flexibility index (Phi) is 6.33. The van der Waals surface area contributed by atoms with Crippen LogP contribution in [0.4, 0.5) is 11.4 Å². The fourth-order valence-corrected chi connectivity index (χ4v) is 2.80. The van der Waals surface area contributed by atoms with Crippen LogP contribution >= 0.6 is 0 Å². The molecule has 0 unspecified atom stereocenters. The molecule has 0 fully saturated rings. The Morgan fingerprint density at radius 1 is 0.652 bits per heavy atom. The summed E-state index contributed by atoms with van der Waals surface area (Å²) in [7, 11) is 0. The Bertz CT molecular complexity index is 551. The highest BCUT2D eigenvalue weighted by molar-refractivity contribution is 5.54. The lowest BCUT2D eigenvalue weighted by molar-refractivity contribution is 0.482. The van der Waals surface area contributed by atoms with E-state index in [0.29, 0.717) is 0 Å². The Morgan fingerprint density at radius 3 is 1.39 bits per heavy atom. The predicted octanol–water partition coefficient (Wildman–Crippen LogP) is 5.17. The standard InChI is InChI=1S/C20H28N2O/c1-5-21(6-2)17-11-9-13-19(15-17)23-20-14-10-12-18(16-20)22(7-3)8-4/h9-16H,5-8H2,1-4H3. The largest absolute Gasteiger partial charge is 0.457 e. The molecule has 0 amide bonds. The molecular formula is C20H28N2O. The third-order valence-corrected chi connectivity index (χ3v) is 4.13. The van der Waals surface area contributed by atoms with Crippen molar-refractivity contribution in [2.75, 3.05) is 36.0 Å². The molecule has 0 heterocycles. The molecule has 0 saturated heterocycles. The molecule has 0 saturated carbocycles. The SMILES string of the molecule is CCN(CC)c1cccc(Oc2cccc(N(CC)CC)c2)c1. The lowest BCUT2D eigenvalue weighted by Gasteiger charge is -2.22. The Labute approximate surface area is 140 Å². The lowest BCUT2D eigenvalue weighted by atomic mass is 10.2. The van der Waals surface area contributed by atoms with Gasteiger partial charge in [0.05, 0.1) is 0 Å². The zero-order valence-corrected chi connectivity index (χ0v) is 14.7. The van der Waals surface area contributed by atoms with Crippen LogP contribution in [0.25, 0.3) is 0 Å². The molecule has 2 rings (SSSR count). The quantitative estimate of drug-likeness (QED) is 0.668. The van der Waals surface area contributed by atoms with Crippen LogP contribution in [0.1, 0.15) is 27.7 Å². The second-order valence-electron chi connectivity index (χ2n) is 5.44. The van der Waals surface area contributed by atoms with Gasteiger partial charge in [-0.05, 0) is 52.0 Å². The van der Waals surface area contributed by atoms with Crippen molar-refractivity contribution in [1.29, 1.82) is 0 Å². The van der Waals surface area contributed by atoms with E-state index in [1.807, 2.05) is 12.1 Å². The second kappa shape index (κ2) is 8.47. The van der Waals surface area contributed by atoms with E-state index in [2.05, 4.69) is 73.9 Å². The molecule has 0 aliphatic heterocycles. The van der Waals surface area contributed by atoms with Gasteiger partial charge in [0.25, 0.3) is 0 Å². The normalized spacial score (nSPS) is 10.4. The van der Waals surface area contributed by atoms with Crippen LogP contribution in [0.3, 0.4) is 0 Å². The summed E-state index contributed by atoms with van der Waals surface area (Å²) in [5.41, 5.74) is 2.40. The summed E-state index contributed by atoms with van der Waals surface area (Å²) < 4.78 is 6.08. The molecule has 0 bridgehead atoms. The van der Waals surface area contributed by atoms with E-state index >= 15 is 0 Å². The van der Waals surface area contributed by atoms with Gasteiger partial charge in [-0.3, -0.25) is 0 Å². The van der Waals surface area contributed by atoms with Gasteiger partial charge in [0.15, 0.2) is 0 Å². The van der Waals surface area contributed by atoms with E-state index in [4.69, 9.17) is 4.74 Å². The van der Waals surface area contributed by atoms with E-state index in [-0.39, 0.29) is 0 Å². The monoisotopic (exact) mass is 312 g/mol. The van der Waals surface area contributed by atoms with Crippen molar-refractivity contribution < 1.29 is 4.74 Å². The first-order valence-electron chi connectivity index (χ1n) is 8.59. The van der Waals surface area contributed by atoms with Gasteiger partial charge < -0.3 is 14.5 Å². The van der Waals surface area contributed by atoms with Crippen molar-refractivity contribution in [3.05, 3.63) is 48.5 Å². The van der Waals surface area contributed by atoms with Gasteiger partial charge in [0.1, 0.15) is 11.5 Å². The number of rotatable bonds is 8. The first kappa shape index (κ1) is 17.2. The van der Waals surface area contributed by atoms with Gasteiger partial charge in [0.2, 0.25) is 0 Å². The van der Waals surface area contributed by atoms with Crippen molar-refractivity contribution in [2.45, 2.75) is 27.7 Å². The van der Waals surface area contributed by atoms with Crippen LogP contribution in [-0.4, -0.2) is 26.2 Å². The van der Waals surface area contributed by atoms with E-state index in [0.717, 1.165) is 37.7 Å². The summed E-state index contributed by atoms with van der Waals surface area (Å²) in [5, 5.41) is 0. The van der Waals surface area contributed by atoms with E-state index in [1.54, 1.807) is 0 Å². The van der Waals surface area contributed by atoms with Gasteiger partial charge >= 0.3 is 0 Å². The third kappa shape index (κ3) is 4.41. The minimum Gasteiger partial charge on any atom is -0.457 e. The fraction of sp³-hybridized carbons (Fsp3) is 0.400. The molecule has 0 aliphatic carbocycles. The molecule has 0 aliphatic rings. The summed E-state index contributed by atoms with van der Waals surface area (Å²) >= 11 is 0. The first-order chi connectivity index (χ1) is 11.2. The number of hydrogen-bond donors (Lipinski definition) is 0. The molecule has 2 aromatic carbocycles. The van der Waals surface area contributed by atoms with Crippen LogP contribution in [0.2, 0.25) is 0 Å². The van der Waals surface area contributed by atoms with Crippen LogP contribution < -0.4 is 14.5 Å². The Hall–Kier alpha value is -2.16. The number of hydrogen-bond acceptors (Lipinski definition) is 3. The topological polar surface area (TPSA) is 15.7 Å². The second-order valence-corrected chi connectivity index (χ2v) is 5.44. The van der Waals surface area contributed by atoms with E-state index in [1.165, 1.54) is 11.4 Å². The Morgan fingerprint density at radius 2 is 1.04 bits per heavy atom. The maximum Gasteiger partial charge on any atom is 0.129 e. The molecule has 3 heteroatoms. The van der Waals surface area contributed by atoms with Crippen molar-refractivity contribution in [2.24, 2.45) is 0 Å². The fourth-order valence-electron chi connectivity index (χ4n) is 2.80. The number of nitrogens with zero attached hydrogens (tertiary/aromatic N) is 2. The molecule has 0 radical (unpaired) electrons. The predicted molar refractivity (Wildman–Crippen MR) is 100 cm³/mol. The summed E-state index contributed by atoms with van der Waals surface area (Å²) in [6.07, 6.45) is 0. The van der Waals surface area contributed by atoms with Crippen LogP contribution in [-0.2, 0) is 0 Å². The molecule has 3 nitrogen and oxygen atoms in total. The lowest BCUT2D eigenvalue weighted by Crippen LogP contribution is -2.21. The minimum absolute atomic E-state index is 0.881. The molecule has 0 aromatic heterocycles. The number of ether oxygens (including phenoxy) is 1. The van der Waals surface area contributed by atoms with Crippen molar-refractivity contribution in [3.8, 4) is 11.5 Å². The van der Waals surface area contributed by atoms with Crippen LogP contribution in [0.5, 0.6) is 11.5 Å². The van der Waals surface area contributed by atoms with Crippen molar-refractivity contribution in [1.82, 2.24) is 0 Å². The average Bonchev–Trinajstić information content (AvgIpc) is 2.58. The zero-order chi connectivity index (χ0) is 16.7. The Balaban J connectivity index is 2.19. The highest BCUT2D eigenvalue weighted by atomic mass is 16.5. The maximum absolute atomic E-state index is 6.08. The number of anilines is 2. The molecule has 124 valence electrons. The van der Waals surface area contributed by atoms with Crippen LogP contribution in [0.15, 0.2) is 48.5 Å². The van der Waals surface area contributed by atoms with Gasteiger partial charge in [-0.2, -0.15) is 0 Å². The minimum atomic E-state index is 0.881. The van der Waals surface area contributed by atoms with Gasteiger partial charge in [0, 0.05) is 49.7 Å². The summed E-state index contributed by atoms with van der Waals surface area (Å²) in [5.74, 6) is 1.76. The van der Waals surface area contributed by atoms with Gasteiger partial charge in [-0.15, -0.1) is 0 Å². The van der Waals surface area contributed by atoms with Gasteiger partial charge in [-0.25, -0.2) is 0 Å². The zero-order valence-electron chi connectivity index (χ0n) is 14.7. The molecular weight excluding hydrogens is 284 g/mol. The molecule has 0 N–H and O–H groups in total. The molecule has 23 heavy (non-hydrogen) atoms. The summed E-state index contributed by atoms with van der Waals surface area (Å²) in [6.45, 7) is 12.7. The van der Waals surface area contributed by atoms with Crippen LogP contribution in [0, 0.1) is 0 Å². The highest BCUT2D eigenvalue weighted by Gasteiger charge is 2.06. The molecule has 0 atom stereocenters. The average molecular weight is 312 g/mol. The highest BCUT2D eigenvalue weighted by Crippen LogP contribution is 2.28. The number of benzene rings is 2. The third-order valence-electron chi connectivity index (χ3n) is 4.13. The first-order valence-corrected chi connectivity index (χ1v) is 8.59. The summed E-state index contributed by atoms with van der Waals surface area (Å²) in [4.78, 5) is 4.64. The summed E-state index contributed by atoms with van der Waals surface area (Å²) in [6, 6.07) is 16.6. The molecule has 0 spiro atoms. The van der Waals surface area contributed by atoms with Crippen molar-refractivity contribution in [3.63, 3.8) is 0 Å². The molecule has 2 aromatic rings. The van der Waals surface area contributed by atoms with E-state index < -0.39 is 0 Å². The maximum atomic E-state index is 6.08. The van der Waals surface area contributed by atoms with Crippen molar-refractivity contribution >= 4 is 11.4 Å². The van der Waals surface area contributed by atoms with Gasteiger partial charge in [-0.1, -0.05) is 12.1 Å². The smallest absolute Gasteiger partial charge is 0.129 e.